The van der Waals surface area contributed by atoms with Crippen LogP contribution < -0.4 is 5.32 Å². The summed E-state index contributed by atoms with van der Waals surface area (Å²) in [5.74, 6) is 0. The van der Waals surface area contributed by atoms with Gasteiger partial charge in [-0.3, -0.25) is 10.1 Å². The van der Waals surface area contributed by atoms with E-state index in [9.17, 15) is 10.1 Å². The molecule has 1 aliphatic rings. The van der Waals surface area contributed by atoms with Crippen molar-refractivity contribution in [2.75, 3.05) is 5.32 Å². The number of nitro benzene ring substituents is 1. The highest BCUT2D eigenvalue weighted by atomic mass is 79.9. The maximum absolute atomic E-state index is 10.7. The van der Waals surface area contributed by atoms with E-state index in [2.05, 4.69) is 21.2 Å². The average Bonchev–Trinajstić information content (AvgIpc) is 2.13. The third kappa shape index (κ3) is 2.28. The van der Waals surface area contributed by atoms with Crippen LogP contribution >= 0.6 is 15.9 Å². The maximum Gasteiger partial charge on any atom is 0.285 e. The summed E-state index contributed by atoms with van der Waals surface area (Å²) >= 11 is 3.16. The second-order valence-electron chi connectivity index (χ2n) is 3.70. The van der Waals surface area contributed by atoms with Crippen LogP contribution in [0.25, 0.3) is 0 Å². The number of nitrogens with one attached hydrogen (secondary N) is 1. The number of nitrogens with zero attached hydrogens (tertiary/aromatic N) is 1. The molecular weight excluding hydrogens is 260 g/mol. The molecule has 1 fully saturated rings. The standard InChI is InChI=1S/C10H11BrN2O2/c11-9-5-4-8(6-10(9)13(14)15)12-7-2-1-3-7/h4-7,12H,1-3H2. The van der Waals surface area contributed by atoms with E-state index in [1.807, 2.05) is 6.07 Å². The van der Waals surface area contributed by atoms with E-state index >= 15 is 0 Å². The second kappa shape index (κ2) is 4.18. The zero-order valence-corrected chi connectivity index (χ0v) is 9.66. The smallest absolute Gasteiger partial charge is 0.285 e. The van der Waals surface area contributed by atoms with E-state index in [1.165, 1.54) is 6.42 Å². The van der Waals surface area contributed by atoms with Gasteiger partial charge in [-0.1, -0.05) is 0 Å². The van der Waals surface area contributed by atoms with Gasteiger partial charge in [-0.05, 0) is 47.3 Å². The van der Waals surface area contributed by atoms with Crippen LogP contribution in [0.15, 0.2) is 22.7 Å². The monoisotopic (exact) mass is 270 g/mol. The predicted molar refractivity (Wildman–Crippen MR) is 62.1 cm³/mol. The van der Waals surface area contributed by atoms with Crippen LogP contribution in [0, 0.1) is 10.1 Å². The minimum atomic E-state index is -0.379. The Labute approximate surface area is 96.0 Å². The van der Waals surface area contributed by atoms with Gasteiger partial charge in [-0.2, -0.15) is 0 Å². The van der Waals surface area contributed by atoms with Gasteiger partial charge in [0.25, 0.3) is 5.69 Å². The molecule has 0 spiro atoms. The van der Waals surface area contributed by atoms with Crippen molar-refractivity contribution < 1.29 is 4.92 Å². The van der Waals surface area contributed by atoms with Gasteiger partial charge in [0.2, 0.25) is 0 Å². The summed E-state index contributed by atoms with van der Waals surface area (Å²) in [6.45, 7) is 0. The summed E-state index contributed by atoms with van der Waals surface area (Å²) in [4.78, 5) is 10.3. The first-order valence-corrected chi connectivity index (χ1v) is 5.66. The Morgan fingerprint density at radius 1 is 1.47 bits per heavy atom. The lowest BCUT2D eigenvalue weighted by atomic mass is 9.93. The lowest BCUT2D eigenvalue weighted by Gasteiger charge is -2.27. The van der Waals surface area contributed by atoms with Crippen molar-refractivity contribution in [3.63, 3.8) is 0 Å². The SMILES string of the molecule is O=[N+]([O-])c1cc(NC2CCC2)ccc1Br. The number of anilines is 1. The number of halogens is 1. The minimum Gasteiger partial charge on any atom is -0.382 e. The molecule has 15 heavy (non-hydrogen) atoms. The van der Waals surface area contributed by atoms with Gasteiger partial charge in [0, 0.05) is 17.8 Å². The molecule has 0 unspecified atom stereocenters. The van der Waals surface area contributed by atoms with Gasteiger partial charge < -0.3 is 5.32 Å². The molecule has 0 radical (unpaired) electrons. The van der Waals surface area contributed by atoms with Crippen molar-refractivity contribution in [1.82, 2.24) is 0 Å². The fourth-order valence-electron chi connectivity index (χ4n) is 1.53. The van der Waals surface area contributed by atoms with Crippen molar-refractivity contribution in [2.45, 2.75) is 25.3 Å². The van der Waals surface area contributed by atoms with E-state index in [1.54, 1.807) is 12.1 Å². The van der Waals surface area contributed by atoms with Crippen LogP contribution in [-0.2, 0) is 0 Å². The number of rotatable bonds is 3. The van der Waals surface area contributed by atoms with E-state index in [0.717, 1.165) is 18.5 Å². The summed E-state index contributed by atoms with van der Waals surface area (Å²) in [6, 6.07) is 5.63. The Balaban J connectivity index is 2.17. The first-order chi connectivity index (χ1) is 7.16. The number of benzene rings is 1. The van der Waals surface area contributed by atoms with Crippen molar-refractivity contribution in [3.05, 3.63) is 32.8 Å². The molecule has 5 heteroatoms. The first-order valence-electron chi connectivity index (χ1n) is 4.87. The third-order valence-electron chi connectivity index (χ3n) is 2.62. The zero-order valence-electron chi connectivity index (χ0n) is 8.07. The van der Waals surface area contributed by atoms with E-state index in [0.29, 0.717) is 10.5 Å². The largest absolute Gasteiger partial charge is 0.382 e. The Hall–Kier alpha value is -1.10. The number of nitro groups is 1. The maximum atomic E-state index is 10.7. The normalized spacial score (nSPS) is 15.8. The molecule has 1 N–H and O–H groups in total. The molecule has 80 valence electrons. The van der Waals surface area contributed by atoms with Crippen LogP contribution in [0.2, 0.25) is 0 Å². The molecule has 1 aromatic rings. The van der Waals surface area contributed by atoms with Crippen LogP contribution in [-0.4, -0.2) is 11.0 Å². The van der Waals surface area contributed by atoms with Crippen molar-refractivity contribution in [1.29, 1.82) is 0 Å². The van der Waals surface area contributed by atoms with Crippen molar-refractivity contribution >= 4 is 27.3 Å². The van der Waals surface area contributed by atoms with E-state index in [-0.39, 0.29) is 10.6 Å². The van der Waals surface area contributed by atoms with Gasteiger partial charge in [-0.15, -0.1) is 0 Å². The van der Waals surface area contributed by atoms with Gasteiger partial charge >= 0.3 is 0 Å². The predicted octanol–water partition coefficient (Wildman–Crippen LogP) is 3.32. The van der Waals surface area contributed by atoms with Crippen molar-refractivity contribution in [2.24, 2.45) is 0 Å². The molecule has 1 saturated carbocycles. The highest BCUT2D eigenvalue weighted by Gasteiger charge is 2.18. The fraction of sp³-hybridized carbons (Fsp3) is 0.400. The van der Waals surface area contributed by atoms with Crippen LogP contribution in [0.3, 0.4) is 0 Å². The molecule has 0 aromatic heterocycles. The molecule has 0 heterocycles. The molecule has 0 aliphatic heterocycles. The second-order valence-corrected chi connectivity index (χ2v) is 4.55. The summed E-state index contributed by atoms with van der Waals surface area (Å²) < 4.78 is 0.520. The summed E-state index contributed by atoms with van der Waals surface area (Å²) in [6.07, 6.45) is 3.56. The zero-order chi connectivity index (χ0) is 10.8. The molecule has 0 saturated heterocycles. The van der Waals surface area contributed by atoms with Gasteiger partial charge in [-0.25, -0.2) is 0 Å². The summed E-state index contributed by atoms with van der Waals surface area (Å²) in [5, 5.41) is 14.0. The Bertz CT molecular complexity index is 391. The quantitative estimate of drug-likeness (QED) is 0.677. The van der Waals surface area contributed by atoms with Gasteiger partial charge in [0.1, 0.15) is 0 Å². The Kier molecular flexibility index (Phi) is 2.90. The van der Waals surface area contributed by atoms with E-state index in [4.69, 9.17) is 0 Å². The highest BCUT2D eigenvalue weighted by molar-refractivity contribution is 9.10. The first kappa shape index (κ1) is 10.4. The summed E-state index contributed by atoms with van der Waals surface area (Å²) in [5.41, 5.74) is 0.939. The van der Waals surface area contributed by atoms with Crippen LogP contribution in [0.5, 0.6) is 0 Å². The van der Waals surface area contributed by atoms with Crippen molar-refractivity contribution in [3.8, 4) is 0 Å². The molecule has 4 nitrogen and oxygen atoms in total. The molecule has 1 aliphatic carbocycles. The van der Waals surface area contributed by atoms with E-state index < -0.39 is 0 Å². The Morgan fingerprint density at radius 2 is 2.20 bits per heavy atom. The van der Waals surface area contributed by atoms with Crippen LogP contribution in [0.1, 0.15) is 19.3 Å². The molecule has 2 rings (SSSR count). The topological polar surface area (TPSA) is 55.2 Å². The molecule has 1 aromatic carbocycles. The number of hydrogen-bond acceptors (Lipinski definition) is 3. The molecular formula is C10H11BrN2O2. The van der Waals surface area contributed by atoms with Crippen LogP contribution in [0.4, 0.5) is 11.4 Å². The molecule has 0 atom stereocenters. The fourth-order valence-corrected chi connectivity index (χ4v) is 1.92. The van der Waals surface area contributed by atoms with Gasteiger partial charge in [0.05, 0.1) is 9.40 Å². The Morgan fingerprint density at radius 3 is 2.73 bits per heavy atom. The molecule has 0 amide bonds. The third-order valence-corrected chi connectivity index (χ3v) is 3.29. The minimum absolute atomic E-state index is 0.110. The van der Waals surface area contributed by atoms with Gasteiger partial charge in [0.15, 0.2) is 0 Å². The summed E-state index contributed by atoms with van der Waals surface area (Å²) in [7, 11) is 0. The number of hydrogen-bond donors (Lipinski definition) is 1. The average molecular weight is 271 g/mol. The highest BCUT2D eigenvalue weighted by Crippen LogP contribution is 2.30. The lowest BCUT2D eigenvalue weighted by molar-refractivity contribution is -0.385. The lowest BCUT2D eigenvalue weighted by Crippen LogP contribution is -2.26. The molecule has 0 bridgehead atoms.